The topological polar surface area (TPSA) is 12.4 Å². The van der Waals surface area contributed by atoms with Crippen LogP contribution in [-0.4, -0.2) is 5.71 Å². The highest BCUT2D eigenvalue weighted by Crippen LogP contribution is 2.23. The summed E-state index contributed by atoms with van der Waals surface area (Å²) in [5.74, 6) is 0.741. The van der Waals surface area contributed by atoms with Crippen LogP contribution in [0.4, 0.5) is 0 Å². The Bertz CT molecular complexity index is 162. The molecule has 1 fully saturated rings. The van der Waals surface area contributed by atoms with Gasteiger partial charge in [-0.3, -0.25) is 4.99 Å². The van der Waals surface area contributed by atoms with Crippen LogP contribution in [0.25, 0.3) is 0 Å². The normalized spacial score (nSPS) is 21.9. The number of aliphatic imine (C=N–C) groups is 1. The van der Waals surface area contributed by atoms with Crippen molar-refractivity contribution in [1.29, 1.82) is 0 Å². The third-order valence-electron chi connectivity index (χ3n) is 2.74. The molecule has 0 aromatic carbocycles. The molecule has 0 saturated heterocycles. The second-order valence-electron chi connectivity index (χ2n) is 3.64. The minimum absolute atomic E-state index is 0.741. The van der Waals surface area contributed by atoms with Gasteiger partial charge < -0.3 is 0 Å². The lowest BCUT2D eigenvalue weighted by Crippen LogP contribution is -2.09. The number of hydrogen-bond acceptors (Lipinski definition) is 1. The quantitative estimate of drug-likeness (QED) is 0.438. The van der Waals surface area contributed by atoms with Crippen LogP contribution in [-0.2, 0) is 0 Å². The molecule has 0 unspecified atom stereocenters. The summed E-state index contributed by atoms with van der Waals surface area (Å²) < 4.78 is 0. The Kier molecular flexibility index (Phi) is 4.06. The van der Waals surface area contributed by atoms with Gasteiger partial charge in [-0.05, 0) is 25.7 Å². The fraction of sp³-hybridized carbons (Fsp3) is 0.727. The zero-order valence-corrected chi connectivity index (χ0v) is 8.05. The summed E-state index contributed by atoms with van der Waals surface area (Å²) in [6.07, 6.45) is 9.94. The van der Waals surface area contributed by atoms with Crippen molar-refractivity contribution in [3.63, 3.8) is 0 Å². The monoisotopic (exact) mass is 165 g/mol. The fourth-order valence-electron chi connectivity index (χ4n) is 1.95. The number of nitrogens with zero attached hydrogens (tertiary/aromatic N) is 1. The van der Waals surface area contributed by atoms with E-state index in [1.54, 1.807) is 6.20 Å². The highest BCUT2D eigenvalue weighted by molar-refractivity contribution is 5.84. The average Bonchev–Trinajstić information content (AvgIpc) is 2.32. The molecule has 0 aromatic heterocycles. The standard InChI is InChI=1S/C11H19N/c1-3-12-10(2)11-8-6-4-5-7-9-11/h3,11H,1,4-9H2,2H3. The third-order valence-corrected chi connectivity index (χ3v) is 2.74. The van der Waals surface area contributed by atoms with Crippen molar-refractivity contribution in [2.75, 3.05) is 0 Å². The Morgan fingerprint density at radius 1 is 1.25 bits per heavy atom. The van der Waals surface area contributed by atoms with Crippen LogP contribution in [0.3, 0.4) is 0 Å². The van der Waals surface area contributed by atoms with Crippen molar-refractivity contribution < 1.29 is 0 Å². The number of hydrogen-bond donors (Lipinski definition) is 0. The van der Waals surface area contributed by atoms with E-state index < -0.39 is 0 Å². The Hall–Kier alpha value is -0.590. The van der Waals surface area contributed by atoms with Gasteiger partial charge in [0.05, 0.1) is 0 Å². The third kappa shape index (κ3) is 2.80. The molecule has 0 aliphatic heterocycles. The average molecular weight is 165 g/mol. The lowest BCUT2D eigenvalue weighted by atomic mass is 9.96. The molecule has 0 amide bonds. The van der Waals surface area contributed by atoms with Crippen LogP contribution in [0, 0.1) is 5.92 Å². The van der Waals surface area contributed by atoms with Crippen LogP contribution in [0.5, 0.6) is 0 Å². The zero-order chi connectivity index (χ0) is 8.81. The van der Waals surface area contributed by atoms with Gasteiger partial charge in [0.2, 0.25) is 0 Å². The smallest absolute Gasteiger partial charge is 0.0195 e. The lowest BCUT2D eigenvalue weighted by Gasteiger charge is -2.12. The predicted molar refractivity (Wildman–Crippen MR) is 54.5 cm³/mol. The van der Waals surface area contributed by atoms with Gasteiger partial charge in [-0.2, -0.15) is 0 Å². The first-order valence-electron chi connectivity index (χ1n) is 5.00. The molecular formula is C11H19N. The SMILES string of the molecule is C=CN=C(C)C1CCCCCC1. The van der Waals surface area contributed by atoms with E-state index in [1.807, 2.05) is 0 Å². The van der Waals surface area contributed by atoms with Crippen LogP contribution >= 0.6 is 0 Å². The summed E-state index contributed by atoms with van der Waals surface area (Å²) in [5, 5.41) is 0. The van der Waals surface area contributed by atoms with Crippen molar-refractivity contribution >= 4 is 5.71 Å². The molecule has 1 aliphatic carbocycles. The van der Waals surface area contributed by atoms with Gasteiger partial charge in [0.25, 0.3) is 0 Å². The van der Waals surface area contributed by atoms with Crippen molar-refractivity contribution in [3.05, 3.63) is 12.8 Å². The first-order chi connectivity index (χ1) is 5.84. The summed E-state index contributed by atoms with van der Waals surface area (Å²) in [5.41, 5.74) is 1.28. The molecule has 1 aliphatic rings. The molecule has 1 nitrogen and oxygen atoms in total. The zero-order valence-electron chi connectivity index (χ0n) is 8.05. The van der Waals surface area contributed by atoms with Crippen LogP contribution in [0.1, 0.15) is 45.4 Å². The van der Waals surface area contributed by atoms with E-state index in [0.29, 0.717) is 0 Å². The summed E-state index contributed by atoms with van der Waals surface area (Å²) in [6, 6.07) is 0. The molecular weight excluding hydrogens is 146 g/mol. The second-order valence-corrected chi connectivity index (χ2v) is 3.64. The van der Waals surface area contributed by atoms with E-state index in [9.17, 15) is 0 Å². The fourth-order valence-corrected chi connectivity index (χ4v) is 1.95. The summed E-state index contributed by atoms with van der Waals surface area (Å²) in [7, 11) is 0. The summed E-state index contributed by atoms with van der Waals surface area (Å²) in [6.45, 7) is 5.77. The molecule has 0 spiro atoms. The number of rotatable bonds is 2. The van der Waals surface area contributed by atoms with E-state index in [4.69, 9.17) is 0 Å². The highest BCUT2D eigenvalue weighted by atomic mass is 14.7. The Morgan fingerprint density at radius 3 is 2.33 bits per heavy atom. The molecule has 12 heavy (non-hydrogen) atoms. The lowest BCUT2D eigenvalue weighted by molar-refractivity contribution is 0.589. The van der Waals surface area contributed by atoms with E-state index in [0.717, 1.165) is 5.92 Å². The summed E-state index contributed by atoms with van der Waals surface area (Å²) in [4.78, 5) is 4.27. The second kappa shape index (κ2) is 5.13. The van der Waals surface area contributed by atoms with E-state index in [-0.39, 0.29) is 0 Å². The minimum atomic E-state index is 0.741. The van der Waals surface area contributed by atoms with Crippen LogP contribution < -0.4 is 0 Å². The van der Waals surface area contributed by atoms with Crippen LogP contribution in [0.15, 0.2) is 17.8 Å². The first kappa shape index (κ1) is 9.50. The van der Waals surface area contributed by atoms with Crippen LogP contribution in [0.2, 0.25) is 0 Å². The maximum Gasteiger partial charge on any atom is 0.0195 e. The Balaban J connectivity index is 2.47. The molecule has 0 heterocycles. The molecule has 1 saturated carbocycles. The van der Waals surface area contributed by atoms with Gasteiger partial charge in [-0.15, -0.1) is 0 Å². The predicted octanol–water partition coefficient (Wildman–Crippen LogP) is 3.56. The maximum absolute atomic E-state index is 4.27. The molecule has 1 heteroatoms. The largest absolute Gasteiger partial charge is 0.266 e. The molecule has 0 bridgehead atoms. The minimum Gasteiger partial charge on any atom is -0.266 e. The van der Waals surface area contributed by atoms with E-state index >= 15 is 0 Å². The molecule has 0 radical (unpaired) electrons. The molecule has 0 N–H and O–H groups in total. The van der Waals surface area contributed by atoms with Crippen molar-refractivity contribution in [2.45, 2.75) is 45.4 Å². The van der Waals surface area contributed by atoms with E-state index in [1.165, 1.54) is 44.2 Å². The Morgan fingerprint density at radius 2 is 1.83 bits per heavy atom. The van der Waals surface area contributed by atoms with Gasteiger partial charge in [0.15, 0.2) is 0 Å². The van der Waals surface area contributed by atoms with E-state index in [2.05, 4.69) is 18.5 Å². The van der Waals surface area contributed by atoms with Gasteiger partial charge in [-0.1, -0.05) is 32.3 Å². The highest BCUT2D eigenvalue weighted by Gasteiger charge is 2.13. The molecule has 0 atom stereocenters. The van der Waals surface area contributed by atoms with Gasteiger partial charge in [0.1, 0.15) is 0 Å². The van der Waals surface area contributed by atoms with Crippen molar-refractivity contribution in [3.8, 4) is 0 Å². The van der Waals surface area contributed by atoms with Crippen molar-refractivity contribution in [1.82, 2.24) is 0 Å². The van der Waals surface area contributed by atoms with Crippen molar-refractivity contribution in [2.24, 2.45) is 10.9 Å². The molecule has 68 valence electrons. The molecule has 1 rings (SSSR count). The summed E-state index contributed by atoms with van der Waals surface area (Å²) >= 11 is 0. The van der Waals surface area contributed by atoms with Gasteiger partial charge in [0, 0.05) is 11.9 Å². The Labute approximate surface area is 75.6 Å². The maximum atomic E-state index is 4.27. The van der Waals surface area contributed by atoms with Gasteiger partial charge in [-0.25, -0.2) is 0 Å². The van der Waals surface area contributed by atoms with Gasteiger partial charge >= 0.3 is 0 Å². The molecule has 0 aromatic rings. The first-order valence-corrected chi connectivity index (χ1v) is 5.00.